The Morgan fingerprint density at radius 1 is 1.11 bits per heavy atom. The smallest absolute Gasteiger partial charge is 0.238 e. The summed E-state index contributed by atoms with van der Waals surface area (Å²) < 4.78 is 22.7. The average Bonchev–Trinajstić information content (AvgIpc) is 2.37. The van der Waals surface area contributed by atoms with Crippen LogP contribution in [0.25, 0.3) is 0 Å². The average molecular weight is 276 g/mol. The molecule has 4 nitrogen and oxygen atoms in total. The largest absolute Gasteiger partial charge is 0.805 e. The lowest BCUT2D eigenvalue weighted by Crippen LogP contribution is -2.04. The maximum atomic E-state index is 11.6. The fourth-order valence-corrected chi connectivity index (χ4v) is 2.88. The zero-order chi connectivity index (χ0) is 14.0. The fourth-order valence-electron chi connectivity index (χ4n) is 2.23. The molecule has 0 spiro atoms. The summed E-state index contributed by atoms with van der Waals surface area (Å²) in [5.41, 5.74) is 2.60. The van der Waals surface area contributed by atoms with Crippen LogP contribution in [0.4, 0.5) is 0 Å². The summed E-state index contributed by atoms with van der Waals surface area (Å²) in [4.78, 5) is 0. The highest BCUT2D eigenvalue weighted by atomic mass is 32.2. The molecule has 19 heavy (non-hydrogen) atoms. The monoisotopic (exact) mass is 276 g/mol. The predicted octanol–water partition coefficient (Wildman–Crippen LogP) is 2.71. The van der Waals surface area contributed by atoms with Crippen molar-refractivity contribution in [3.8, 4) is 0 Å². The molecule has 1 atom stereocenters. The molecule has 100 valence electrons. The van der Waals surface area contributed by atoms with Gasteiger partial charge in [0.05, 0.1) is 0 Å². The first-order valence-corrected chi connectivity index (χ1v) is 6.96. The first kappa shape index (κ1) is 13.4. The van der Waals surface area contributed by atoms with Gasteiger partial charge in [-0.2, -0.15) is 8.42 Å². The Hall–Kier alpha value is -2.01. The van der Waals surface area contributed by atoms with Crippen molar-refractivity contribution in [3.05, 3.63) is 69.1 Å². The molecule has 0 saturated heterocycles. The molecule has 0 radical (unpaired) electrons. The molecule has 0 aliphatic carbocycles. The number of hydrogen-bond acceptors (Lipinski definition) is 3. The van der Waals surface area contributed by atoms with Gasteiger partial charge < -0.3 is 9.94 Å². The Labute approximate surface area is 113 Å². The van der Waals surface area contributed by atoms with E-state index in [2.05, 4.69) is 0 Å². The summed E-state index contributed by atoms with van der Waals surface area (Å²) in [6, 6.07) is 11.0. The molecule has 0 amide bonds. The molecule has 0 aliphatic heterocycles. The molecule has 0 fully saturated rings. The highest BCUT2D eigenvalue weighted by Gasteiger charge is 2.13. The van der Waals surface area contributed by atoms with E-state index < -0.39 is 10.3 Å². The Bertz CT molecular complexity index is 767. The molecule has 1 unspecified atom stereocenters. The van der Waals surface area contributed by atoms with E-state index in [0.717, 1.165) is 11.1 Å². The Kier molecular flexibility index (Phi) is 3.76. The SMILES string of the molecule is Cc1ccccc1C(C)c1cccn([O-])c1=S(=O)=O. The molecule has 0 saturated carbocycles. The molecule has 1 aromatic heterocycles. The van der Waals surface area contributed by atoms with Crippen molar-refractivity contribution in [2.75, 3.05) is 0 Å². The standard InChI is InChI=1S/C14H14NO3S/c1-10-6-3-4-7-12(10)11(2)13-8-5-9-15(16)14(13)19(17)18/h3-9,11H,1-2H3/q-1. The molecule has 0 N–H and O–H groups in total. The number of nitrogens with zero attached hydrogens (tertiary/aromatic N) is 1. The second-order valence-electron chi connectivity index (χ2n) is 4.41. The molecular weight excluding hydrogens is 262 g/mol. The third-order valence-electron chi connectivity index (χ3n) is 3.22. The van der Waals surface area contributed by atoms with Gasteiger partial charge in [0.25, 0.3) is 0 Å². The summed E-state index contributed by atoms with van der Waals surface area (Å²) >= 11 is 0. The zero-order valence-corrected chi connectivity index (χ0v) is 11.5. The molecule has 0 bridgehead atoms. The normalized spacial score (nSPS) is 12.1. The van der Waals surface area contributed by atoms with Crippen LogP contribution < -0.4 is 0 Å². The van der Waals surface area contributed by atoms with E-state index in [4.69, 9.17) is 0 Å². The number of hydrogen-bond donors (Lipinski definition) is 0. The summed E-state index contributed by atoms with van der Waals surface area (Å²) in [5.74, 6) is -0.157. The molecule has 1 aromatic carbocycles. The fraction of sp³-hybridized carbons (Fsp3) is 0.214. The Morgan fingerprint density at radius 3 is 2.37 bits per heavy atom. The Morgan fingerprint density at radius 2 is 1.74 bits per heavy atom. The van der Waals surface area contributed by atoms with Crippen molar-refractivity contribution in [1.82, 2.24) is 4.73 Å². The molecule has 2 rings (SSSR count). The lowest BCUT2D eigenvalue weighted by molar-refractivity contribution is 0.622. The van der Waals surface area contributed by atoms with Gasteiger partial charge in [0.1, 0.15) is 0 Å². The van der Waals surface area contributed by atoms with Crippen LogP contribution >= 0.6 is 0 Å². The minimum absolute atomic E-state index is 0.157. The van der Waals surface area contributed by atoms with Crippen molar-refractivity contribution in [3.63, 3.8) is 0 Å². The van der Waals surface area contributed by atoms with E-state index in [-0.39, 0.29) is 10.6 Å². The second kappa shape index (κ2) is 5.32. The second-order valence-corrected chi connectivity index (χ2v) is 5.26. The van der Waals surface area contributed by atoms with Crippen LogP contribution in [0.1, 0.15) is 29.5 Å². The van der Waals surface area contributed by atoms with Crippen LogP contribution in [0.5, 0.6) is 0 Å². The summed E-state index contributed by atoms with van der Waals surface area (Å²) in [6.07, 6.45) is 1.19. The van der Waals surface area contributed by atoms with Gasteiger partial charge in [0.2, 0.25) is 10.3 Å². The molecule has 2 aromatic rings. The number of rotatable bonds is 2. The van der Waals surface area contributed by atoms with Gasteiger partial charge >= 0.3 is 0 Å². The molecule has 0 aliphatic rings. The maximum absolute atomic E-state index is 11.6. The Balaban J connectivity index is 2.72. The minimum atomic E-state index is -2.55. The third kappa shape index (κ3) is 2.56. The van der Waals surface area contributed by atoms with Gasteiger partial charge in [-0.15, -0.1) is 0 Å². The summed E-state index contributed by atoms with van der Waals surface area (Å²) in [5, 5.41) is 11.6. The van der Waals surface area contributed by atoms with Gasteiger partial charge in [-0.05, 0) is 35.9 Å². The van der Waals surface area contributed by atoms with Gasteiger partial charge in [-0.25, -0.2) is 0 Å². The van der Waals surface area contributed by atoms with Crippen LogP contribution in [0, 0.1) is 16.8 Å². The van der Waals surface area contributed by atoms with Crippen molar-refractivity contribution in [2.45, 2.75) is 19.8 Å². The van der Waals surface area contributed by atoms with E-state index in [1.54, 1.807) is 12.1 Å². The summed E-state index contributed by atoms with van der Waals surface area (Å²) in [6.45, 7) is 3.86. The molecular formula is C14H14NO3S-. The van der Waals surface area contributed by atoms with E-state index in [1.807, 2.05) is 38.1 Å². The minimum Gasteiger partial charge on any atom is -0.805 e. The van der Waals surface area contributed by atoms with Gasteiger partial charge in [0.15, 0.2) is 4.64 Å². The quantitative estimate of drug-likeness (QED) is 0.792. The highest BCUT2D eigenvalue weighted by molar-refractivity contribution is 7.63. The van der Waals surface area contributed by atoms with Gasteiger partial charge in [-0.1, -0.05) is 37.3 Å². The summed E-state index contributed by atoms with van der Waals surface area (Å²) in [7, 11) is -2.55. The van der Waals surface area contributed by atoms with Gasteiger partial charge in [0, 0.05) is 5.92 Å². The van der Waals surface area contributed by atoms with Crippen molar-refractivity contribution < 1.29 is 8.42 Å². The van der Waals surface area contributed by atoms with E-state index in [0.29, 0.717) is 10.3 Å². The predicted molar refractivity (Wildman–Crippen MR) is 74.1 cm³/mol. The lowest BCUT2D eigenvalue weighted by Gasteiger charge is -2.18. The topological polar surface area (TPSA) is 62.1 Å². The first-order chi connectivity index (χ1) is 9.02. The zero-order valence-electron chi connectivity index (χ0n) is 10.7. The van der Waals surface area contributed by atoms with Crippen molar-refractivity contribution in [2.24, 2.45) is 0 Å². The van der Waals surface area contributed by atoms with Gasteiger partial charge in [-0.3, -0.25) is 0 Å². The van der Waals surface area contributed by atoms with Crippen LogP contribution in [0.3, 0.4) is 0 Å². The van der Waals surface area contributed by atoms with Crippen molar-refractivity contribution >= 4 is 10.3 Å². The van der Waals surface area contributed by atoms with Crippen LogP contribution in [0.15, 0.2) is 42.6 Å². The number of benzene rings is 1. The molecule has 5 heteroatoms. The van der Waals surface area contributed by atoms with Crippen LogP contribution in [-0.2, 0) is 10.3 Å². The number of pyridine rings is 1. The van der Waals surface area contributed by atoms with E-state index in [9.17, 15) is 13.6 Å². The molecule has 1 heterocycles. The third-order valence-corrected chi connectivity index (χ3v) is 3.96. The number of aryl methyl sites for hydroxylation is 1. The van der Waals surface area contributed by atoms with E-state index >= 15 is 0 Å². The first-order valence-electron chi connectivity index (χ1n) is 5.89. The van der Waals surface area contributed by atoms with Crippen LogP contribution in [0.2, 0.25) is 0 Å². The highest BCUT2D eigenvalue weighted by Crippen LogP contribution is 2.26. The maximum Gasteiger partial charge on any atom is 0.238 e. The van der Waals surface area contributed by atoms with Crippen LogP contribution in [-0.4, -0.2) is 13.1 Å². The number of aromatic nitrogens is 1. The van der Waals surface area contributed by atoms with E-state index in [1.165, 1.54) is 6.20 Å². The lowest BCUT2D eigenvalue weighted by atomic mass is 9.91. The van der Waals surface area contributed by atoms with Crippen molar-refractivity contribution in [1.29, 1.82) is 0 Å².